The number of likely N-dealkylation sites (tertiary alicyclic amines) is 1. The van der Waals surface area contributed by atoms with E-state index in [0.29, 0.717) is 30.1 Å². The molecule has 2 fully saturated rings. The first-order valence-corrected chi connectivity index (χ1v) is 10.9. The van der Waals surface area contributed by atoms with E-state index in [2.05, 4.69) is 5.32 Å². The van der Waals surface area contributed by atoms with Crippen molar-refractivity contribution < 1.29 is 13.2 Å². The van der Waals surface area contributed by atoms with Crippen LogP contribution in [0.2, 0.25) is 0 Å². The highest BCUT2D eigenvalue weighted by Gasteiger charge is 2.30. The van der Waals surface area contributed by atoms with Crippen LogP contribution in [0.5, 0.6) is 0 Å². The number of piperidine rings is 1. The van der Waals surface area contributed by atoms with E-state index < -0.39 is 10.0 Å². The molecular formula is C19H29N3O3S. The molecule has 2 saturated heterocycles. The number of carbonyl (C=O) groups excluding carboxylic acids is 1. The van der Waals surface area contributed by atoms with Gasteiger partial charge in [0.15, 0.2) is 0 Å². The van der Waals surface area contributed by atoms with Gasteiger partial charge in [-0.2, -0.15) is 4.31 Å². The number of amides is 1. The number of rotatable bonds is 5. The molecule has 0 aliphatic carbocycles. The largest absolute Gasteiger partial charge is 0.338 e. The first kappa shape index (κ1) is 19.3. The summed E-state index contributed by atoms with van der Waals surface area (Å²) in [7, 11) is -1.62. The molecule has 0 bridgehead atoms. The van der Waals surface area contributed by atoms with Crippen LogP contribution in [0.4, 0.5) is 0 Å². The van der Waals surface area contributed by atoms with Crippen molar-refractivity contribution in [3.05, 3.63) is 29.3 Å². The van der Waals surface area contributed by atoms with Gasteiger partial charge in [-0.05, 0) is 63.4 Å². The minimum atomic E-state index is -3.54. The first-order chi connectivity index (χ1) is 12.4. The van der Waals surface area contributed by atoms with Crippen LogP contribution in [0.3, 0.4) is 0 Å². The molecule has 0 saturated carbocycles. The smallest absolute Gasteiger partial charge is 0.253 e. The molecule has 7 heteroatoms. The summed E-state index contributed by atoms with van der Waals surface area (Å²) in [6.07, 6.45) is 3.86. The summed E-state index contributed by atoms with van der Waals surface area (Å²) < 4.78 is 27.6. The average molecular weight is 380 g/mol. The molecule has 0 radical (unpaired) electrons. The van der Waals surface area contributed by atoms with Crippen molar-refractivity contribution in [3.63, 3.8) is 0 Å². The van der Waals surface area contributed by atoms with Crippen molar-refractivity contribution >= 4 is 15.9 Å². The maximum Gasteiger partial charge on any atom is 0.253 e. The fourth-order valence-electron chi connectivity index (χ4n) is 3.91. The summed E-state index contributed by atoms with van der Waals surface area (Å²) >= 11 is 0. The summed E-state index contributed by atoms with van der Waals surface area (Å²) in [4.78, 5) is 15.0. The van der Waals surface area contributed by atoms with Crippen LogP contribution in [-0.2, 0) is 10.0 Å². The summed E-state index contributed by atoms with van der Waals surface area (Å²) in [5, 5.41) is 3.16. The minimum Gasteiger partial charge on any atom is -0.338 e. The zero-order valence-corrected chi connectivity index (χ0v) is 16.5. The quantitative estimate of drug-likeness (QED) is 0.848. The normalized spacial score (nSPS) is 21.9. The number of aryl methyl sites for hydroxylation is 1. The second-order valence-corrected chi connectivity index (χ2v) is 9.31. The highest BCUT2D eigenvalue weighted by Crippen LogP contribution is 2.26. The second kappa shape index (κ2) is 8.06. The second-order valence-electron chi connectivity index (χ2n) is 7.41. The molecule has 0 aromatic heterocycles. The molecular weight excluding hydrogens is 350 g/mol. The van der Waals surface area contributed by atoms with E-state index in [4.69, 9.17) is 0 Å². The van der Waals surface area contributed by atoms with Gasteiger partial charge in [0.05, 0.1) is 4.90 Å². The minimum absolute atomic E-state index is 0.0707. The molecule has 1 aromatic rings. The molecule has 144 valence electrons. The molecule has 2 aliphatic rings. The van der Waals surface area contributed by atoms with E-state index in [1.54, 1.807) is 29.4 Å². The predicted molar refractivity (Wildman–Crippen MR) is 102 cm³/mol. The monoisotopic (exact) mass is 379 g/mol. The third-order valence-electron chi connectivity index (χ3n) is 5.43. The van der Waals surface area contributed by atoms with Crippen molar-refractivity contribution in [2.24, 2.45) is 5.92 Å². The van der Waals surface area contributed by atoms with Crippen LogP contribution in [0, 0.1) is 12.8 Å². The van der Waals surface area contributed by atoms with Gasteiger partial charge in [0.2, 0.25) is 10.0 Å². The van der Waals surface area contributed by atoms with E-state index in [1.165, 1.54) is 0 Å². The third-order valence-corrected chi connectivity index (χ3v) is 7.47. The molecule has 3 rings (SSSR count). The highest BCUT2D eigenvalue weighted by molar-refractivity contribution is 7.89. The zero-order valence-electron chi connectivity index (χ0n) is 15.7. The van der Waals surface area contributed by atoms with E-state index in [9.17, 15) is 13.2 Å². The topological polar surface area (TPSA) is 69.7 Å². The lowest BCUT2D eigenvalue weighted by Gasteiger charge is -2.27. The van der Waals surface area contributed by atoms with E-state index in [1.807, 2.05) is 11.9 Å². The Bertz CT molecular complexity index is 757. The molecule has 0 spiro atoms. The van der Waals surface area contributed by atoms with E-state index in [-0.39, 0.29) is 10.8 Å². The number of carbonyl (C=O) groups is 1. The molecule has 2 heterocycles. The molecule has 1 unspecified atom stereocenters. The van der Waals surface area contributed by atoms with Crippen LogP contribution in [0.1, 0.15) is 41.6 Å². The highest BCUT2D eigenvalue weighted by atomic mass is 32.2. The number of hydrogen-bond acceptors (Lipinski definition) is 4. The number of sulfonamides is 1. The fraction of sp³-hybridized carbons (Fsp3) is 0.632. The fourth-order valence-corrected chi connectivity index (χ4v) is 5.68. The Hall–Kier alpha value is -1.44. The Balaban J connectivity index is 1.82. The summed E-state index contributed by atoms with van der Waals surface area (Å²) in [6, 6.07) is 5.08. The maximum absolute atomic E-state index is 13.0. The number of nitrogens with zero attached hydrogens (tertiary/aromatic N) is 2. The van der Waals surface area contributed by atoms with Gasteiger partial charge in [-0.1, -0.05) is 12.5 Å². The Kier molecular flexibility index (Phi) is 5.99. The lowest BCUT2D eigenvalue weighted by molar-refractivity contribution is 0.0787. The zero-order chi connectivity index (χ0) is 18.7. The summed E-state index contributed by atoms with van der Waals surface area (Å²) in [6.45, 7) is 5.28. The third kappa shape index (κ3) is 3.94. The Morgan fingerprint density at radius 1 is 1.19 bits per heavy atom. The van der Waals surface area contributed by atoms with Crippen molar-refractivity contribution in [2.45, 2.75) is 37.5 Å². The van der Waals surface area contributed by atoms with Crippen molar-refractivity contribution in [1.29, 1.82) is 0 Å². The van der Waals surface area contributed by atoms with Gasteiger partial charge in [-0.15, -0.1) is 0 Å². The van der Waals surface area contributed by atoms with Gasteiger partial charge in [0.25, 0.3) is 5.91 Å². The molecule has 1 amide bonds. The summed E-state index contributed by atoms with van der Waals surface area (Å²) in [5.41, 5.74) is 1.16. The Morgan fingerprint density at radius 2 is 1.92 bits per heavy atom. The van der Waals surface area contributed by atoms with Gasteiger partial charge in [0.1, 0.15) is 0 Å². The lowest BCUT2D eigenvalue weighted by Crippen LogP contribution is -2.36. The Morgan fingerprint density at radius 3 is 2.62 bits per heavy atom. The first-order valence-electron chi connectivity index (χ1n) is 9.48. The average Bonchev–Trinajstić information content (AvgIpc) is 3.11. The summed E-state index contributed by atoms with van der Waals surface area (Å²) in [5.74, 6) is 0.393. The molecule has 26 heavy (non-hydrogen) atoms. The van der Waals surface area contributed by atoms with Gasteiger partial charge >= 0.3 is 0 Å². The molecule has 1 N–H and O–H groups in total. The van der Waals surface area contributed by atoms with Crippen molar-refractivity contribution in [3.8, 4) is 0 Å². The number of hydrogen-bond donors (Lipinski definition) is 1. The van der Waals surface area contributed by atoms with Gasteiger partial charge in [0, 0.05) is 31.7 Å². The van der Waals surface area contributed by atoms with Gasteiger partial charge in [-0.3, -0.25) is 4.79 Å². The SMILES string of the molecule is CNCC1CCN(C(=O)c2ccc(C)c(S(=O)(=O)N3CCCCC3)c2)C1. The van der Waals surface area contributed by atoms with Crippen LogP contribution >= 0.6 is 0 Å². The maximum atomic E-state index is 13.0. The van der Waals surface area contributed by atoms with Crippen LogP contribution < -0.4 is 5.32 Å². The van der Waals surface area contributed by atoms with Crippen LogP contribution in [0.15, 0.2) is 23.1 Å². The van der Waals surface area contributed by atoms with Gasteiger partial charge in [-0.25, -0.2) is 8.42 Å². The standard InChI is InChI=1S/C19H29N3O3S/c1-15-6-7-17(19(23)21-11-8-16(14-21)13-20-2)12-18(15)26(24,25)22-9-4-3-5-10-22/h6-7,12,16,20H,3-5,8-11,13-14H2,1-2H3. The van der Waals surface area contributed by atoms with Crippen LogP contribution in [0.25, 0.3) is 0 Å². The molecule has 1 aromatic carbocycles. The van der Waals surface area contributed by atoms with Crippen molar-refractivity contribution in [1.82, 2.24) is 14.5 Å². The lowest BCUT2D eigenvalue weighted by atomic mass is 10.1. The van der Waals surface area contributed by atoms with E-state index in [0.717, 1.165) is 45.3 Å². The predicted octanol–water partition coefficient (Wildman–Crippen LogP) is 1.85. The Labute approximate surface area is 156 Å². The van der Waals surface area contributed by atoms with Crippen LogP contribution in [-0.4, -0.2) is 63.3 Å². The molecule has 2 aliphatic heterocycles. The number of nitrogens with one attached hydrogen (secondary N) is 1. The van der Waals surface area contributed by atoms with E-state index >= 15 is 0 Å². The molecule has 1 atom stereocenters. The molecule has 6 nitrogen and oxygen atoms in total. The number of benzene rings is 1. The van der Waals surface area contributed by atoms with Gasteiger partial charge < -0.3 is 10.2 Å². The van der Waals surface area contributed by atoms with Crippen molar-refractivity contribution in [2.75, 3.05) is 39.8 Å².